The van der Waals surface area contributed by atoms with Crippen molar-refractivity contribution >= 4 is 15.9 Å². The molecule has 0 saturated heterocycles. The molecule has 0 amide bonds. The molecule has 4 heteroatoms. The molecule has 0 bridgehead atoms. The fourth-order valence-electron chi connectivity index (χ4n) is 2.02. The molecule has 1 N–H and O–H groups in total. The van der Waals surface area contributed by atoms with Crippen molar-refractivity contribution in [1.29, 1.82) is 0 Å². The molecule has 3 nitrogen and oxygen atoms in total. The predicted molar refractivity (Wildman–Crippen MR) is 83.1 cm³/mol. The first-order valence-corrected chi connectivity index (χ1v) is 7.64. The average Bonchev–Trinajstić information content (AvgIpc) is 2.43. The molecule has 1 aromatic rings. The number of halogens is 1. The Labute approximate surface area is 124 Å². The van der Waals surface area contributed by atoms with Crippen LogP contribution in [0.5, 0.6) is 11.5 Å². The van der Waals surface area contributed by atoms with Crippen LogP contribution >= 0.6 is 15.9 Å². The number of ether oxygens (including phenoxy) is 2. The van der Waals surface area contributed by atoms with Crippen LogP contribution in [0.15, 0.2) is 16.6 Å². The van der Waals surface area contributed by atoms with E-state index in [9.17, 15) is 0 Å². The van der Waals surface area contributed by atoms with Crippen LogP contribution in [0.4, 0.5) is 0 Å². The molecule has 0 fully saturated rings. The molecule has 0 heterocycles. The molecule has 108 valence electrons. The van der Waals surface area contributed by atoms with Crippen LogP contribution in [-0.2, 0) is 6.54 Å². The molecule has 0 radical (unpaired) electrons. The molecule has 0 saturated carbocycles. The Bertz CT molecular complexity index is 383. The van der Waals surface area contributed by atoms with Crippen molar-refractivity contribution in [1.82, 2.24) is 5.32 Å². The average molecular weight is 330 g/mol. The highest BCUT2D eigenvalue weighted by Gasteiger charge is 2.12. The Morgan fingerprint density at radius 1 is 1.11 bits per heavy atom. The SMILES string of the molecule is CCCCCCNCc1c(Br)ccc(OC)c1OC. The predicted octanol–water partition coefficient (Wildman–Crippen LogP) is 4.14. The number of nitrogens with one attached hydrogen (secondary N) is 1. The lowest BCUT2D eigenvalue weighted by atomic mass is 10.1. The normalized spacial score (nSPS) is 10.5. The second-order valence-corrected chi connectivity index (χ2v) is 5.35. The zero-order valence-electron chi connectivity index (χ0n) is 12.1. The monoisotopic (exact) mass is 329 g/mol. The molecular formula is C15H24BrNO2. The van der Waals surface area contributed by atoms with Crippen LogP contribution in [0.1, 0.15) is 38.2 Å². The zero-order chi connectivity index (χ0) is 14.1. The number of unbranched alkanes of at least 4 members (excludes halogenated alkanes) is 3. The highest BCUT2D eigenvalue weighted by molar-refractivity contribution is 9.10. The minimum Gasteiger partial charge on any atom is -0.493 e. The number of hydrogen-bond acceptors (Lipinski definition) is 3. The summed E-state index contributed by atoms with van der Waals surface area (Å²) >= 11 is 3.57. The van der Waals surface area contributed by atoms with Gasteiger partial charge < -0.3 is 14.8 Å². The van der Waals surface area contributed by atoms with E-state index in [4.69, 9.17) is 9.47 Å². The van der Waals surface area contributed by atoms with Crippen molar-refractivity contribution in [3.63, 3.8) is 0 Å². The van der Waals surface area contributed by atoms with Crippen molar-refractivity contribution in [3.8, 4) is 11.5 Å². The highest BCUT2D eigenvalue weighted by Crippen LogP contribution is 2.35. The van der Waals surface area contributed by atoms with Gasteiger partial charge in [-0.25, -0.2) is 0 Å². The van der Waals surface area contributed by atoms with Gasteiger partial charge in [-0.3, -0.25) is 0 Å². The van der Waals surface area contributed by atoms with Gasteiger partial charge in [-0.1, -0.05) is 42.1 Å². The Morgan fingerprint density at radius 3 is 2.53 bits per heavy atom. The molecule has 0 atom stereocenters. The minimum absolute atomic E-state index is 0.772. The van der Waals surface area contributed by atoms with Crippen molar-refractivity contribution in [2.45, 2.75) is 39.2 Å². The Morgan fingerprint density at radius 2 is 1.89 bits per heavy atom. The van der Waals surface area contributed by atoms with E-state index in [1.165, 1.54) is 25.7 Å². The fourth-order valence-corrected chi connectivity index (χ4v) is 2.47. The van der Waals surface area contributed by atoms with Gasteiger partial charge in [-0.15, -0.1) is 0 Å². The molecule has 0 aromatic heterocycles. The Balaban J connectivity index is 2.56. The van der Waals surface area contributed by atoms with Gasteiger partial charge in [0, 0.05) is 16.6 Å². The fraction of sp³-hybridized carbons (Fsp3) is 0.600. The Kier molecular flexibility index (Phi) is 7.91. The summed E-state index contributed by atoms with van der Waals surface area (Å²) < 4.78 is 11.8. The maximum atomic E-state index is 5.45. The lowest BCUT2D eigenvalue weighted by Crippen LogP contribution is -2.16. The van der Waals surface area contributed by atoms with Crippen LogP contribution < -0.4 is 14.8 Å². The Hall–Kier alpha value is -0.740. The van der Waals surface area contributed by atoms with E-state index < -0.39 is 0 Å². The number of rotatable bonds is 9. The lowest BCUT2D eigenvalue weighted by molar-refractivity contribution is 0.350. The second-order valence-electron chi connectivity index (χ2n) is 4.50. The second kappa shape index (κ2) is 9.21. The summed E-state index contributed by atoms with van der Waals surface area (Å²) in [5, 5.41) is 3.46. The van der Waals surface area contributed by atoms with Crippen LogP contribution in [-0.4, -0.2) is 20.8 Å². The van der Waals surface area contributed by atoms with Gasteiger partial charge >= 0.3 is 0 Å². The van der Waals surface area contributed by atoms with Crippen LogP contribution in [0.2, 0.25) is 0 Å². The molecule has 1 aromatic carbocycles. The standard InChI is InChI=1S/C15H24BrNO2/c1-4-5-6-7-10-17-11-12-13(16)8-9-14(18-2)15(12)19-3/h8-9,17H,4-7,10-11H2,1-3H3. The smallest absolute Gasteiger partial charge is 0.166 e. The maximum Gasteiger partial charge on any atom is 0.166 e. The number of benzene rings is 1. The van der Waals surface area contributed by atoms with Gasteiger partial charge in [0.1, 0.15) is 0 Å². The van der Waals surface area contributed by atoms with Crippen molar-refractivity contribution in [2.24, 2.45) is 0 Å². The zero-order valence-corrected chi connectivity index (χ0v) is 13.7. The summed E-state index contributed by atoms with van der Waals surface area (Å²) in [6.45, 7) is 4.05. The highest BCUT2D eigenvalue weighted by atomic mass is 79.9. The van der Waals surface area contributed by atoms with E-state index in [0.717, 1.165) is 34.6 Å². The van der Waals surface area contributed by atoms with Gasteiger partial charge in [-0.05, 0) is 25.1 Å². The van der Waals surface area contributed by atoms with E-state index in [0.29, 0.717) is 0 Å². The van der Waals surface area contributed by atoms with Crippen LogP contribution in [0, 0.1) is 0 Å². The van der Waals surface area contributed by atoms with Gasteiger partial charge in [0.25, 0.3) is 0 Å². The van der Waals surface area contributed by atoms with Gasteiger partial charge in [0.2, 0.25) is 0 Å². The van der Waals surface area contributed by atoms with Crippen LogP contribution in [0.3, 0.4) is 0 Å². The molecule has 1 rings (SSSR count). The van der Waals surface area contributed by atoms with E-state index in [1.54, 1.807) is 14.2 Å². The first-order chi connectivity index (χ1) is 9.24. The third kappa shape index (κ3) is 5.03. The molecule has 0 aliphatic carbocycles. The molecule has 19 heavy (non-hydrogen) atoms. The van der Waals surface area contributed by atoms with Crippen molar-refractivity contribution < 1.29 is 9.47 Å². The van der Waals surface area contributed by atoms with Gasteiger partial charge in [0.05, 0.1) is 14.2 Å². The van der Waals surface area contributed by atoms with E-state index in [-0.39, 0.29) is 0 Å². The maximum absolute atomic E-state index is 5.45. The van der Waals surface area contributed by atoms with Gasteiger partial charge in [0.15, 0.2) is 11.5 Å². The molecule has 0 aliphatic rings. The molecule has 0 aliphatic heterocycles. The number of hydrogen-bond donors (Lipinski definition) is 1. The first kappa shape index (κ1) is 16.3. The number of methoxy groups -OCH3 is 2. The van der Waals surface area contributed by atoms with Crippen LogP contribution in [0.25, 0.3) is 0 Å². The summed E-state index contributed by atoms with van der Waals surface area (Å²) in [4.78, 5) is 0. The summed E-state index contributed by atoms with van der Waals surface area (Å²) in [7, 11) is 3.34. The third-order valence-corrected chi connectivity index (χ3v) is 3.84. The summed E-state index contributed by atoms with van der Waals surface area (Å²) in [6, 6.07) is 3.91. The van der Waals surface area contributed by atoms with Crippen molar-refractivity contribution in [3.05, 3.63) is 22.2 Å². The van der Waals surface area contributed by atoms with Gasteiger partial charge in [-0.2, -0.15) is 0 Å². The summed E-state index contributed by atoms with van der Waals surface area (Å²) in [5.41, 5.74) is 1.11. The first-order valence-electron chi connectivity index (χ1n) is 6.84. The van der Waals surface area contributed by atoms with E-state index >= 15 is 0 Å². The van der Waals surface area contributed by atoms with Crippen molar-refractivity contribution in [2.75, 3.05) is 20.8 Å². The molecule has 0 spiro atoms. The quantitative estimate of drug-likeness (QED) is 0.691. The summed E-state index contributed by atoms with van der Waals surface area (Å²) in [6.07, 6.45) is 5.10. The lowest BCUT2D eigenvalue weighted by Gasteiger charge is -2.15. The third-order valence-electron chi connectivity index (χ3n) is 3.10. The largest absolute Gasteiger partial charge is 0.493 e. The van der Waals surface area contributed by atoms with E-state index in [1.807, 2.05) is 12.1 Å². The molecular weight excluding hydrogens is 306 g/mol. The molecule has 0 unspecified atom stereocenters. The minimum atomic E-state index is 0.772. The topological polar surface area (TPSA) is 30.5 Å². The van der Waals surface area contributed by atoms with E-state index in [2.05, 4.69) is 28.2 Å². The summed E-state index contributed by atoms with van der Waals surface area (Å²) in [5.74, 6) is 1.58.